The minimum Gasteiger partial charge on any atom is -0.481 e. The van der Waals surface area contributed by atoms with Gasteiger partial charge in [-0.2, -0.15) is 10.4 Å². The average Bonchev–Trinajstić information content (AvgIpc) is 3.51. The fourth-order valence-corrected chi connectivity index (χ4v) is 5.64. The van der Waals surface area contributed by atoms with Crippen molar-refractivity contribution in [2.24, 2.45) is 5.92 Å². The van der Waals surface area contributed by atoms with Crippen molar-refractivity contribution in [3.63, 3.8) is 0 Å². The summed E-state index contributed by atoms with van der Waals surface area (Å²) in [6.07, 6.45) is 12.2. The van der Waals surface area contributed by atoms with Crippen molar-refractivity contribution < 1.29 is 9.47 Å². The summed E-state index contributed by atoms with van der Waals surface area (Å²) in [5.41, 5.74) is 4.81. The molecule has 2 fully saturated rings. The van der Waals surface area contributed by atoms with E-state index in [0.29, 0.717) is 39.8 Å². The van der Waals surface area contributed by atoms with Crippen LogP contribution in [-0.4, -0.2) is 88.7 Å². The van der Waals surface area contributed by atoms with Gasteiger partial charge in [0.2, 0.25) is 5.88 Å². The van der Waals surface area contributed by atoms with E-state index in [4.69, 9.17) is 24.9 Å². The lowest BCUT2D eigenvalue weighted by molar-refractivity contribution is 0.0672. The monoisotopic (exact) mass is 592 g/mol. The number of fused-ring (bicyclic) bond motifs is 1. The number of ether oxygens (including phenoxy) is 2. The summed E-state index contributed by atoms with van der Waals surface area (Å²) in [4.78, 5) is 18.7. The molecule has 0 saturated carbocycles. The van der Waals surface area contributed by atoms with E-state index in [0.717, 1.165) is 82.3 Å². The molecule has 2 aliphatic heterocycles. The molecule has 2 saturated heterocycles. The van der Waals surface area contributed by atoms with Crippen LogP contribution in [0.1, 0.15) is 29.7 Å². The van der Waals surface area contributed by atoms with Crippen molar-refractivity contribution >= 4 is 23.1 Å². The van der Waals surface area contributed by atoms with E-state index >= 15 is 0 Å². The molecular weight excluding hydrogens is 556 g/mol. The SMILES string of the molecule is COc1ccc(CN2CCN(c3ccc(-c4nc(/C(C=N)=C/NCC5CCOCC5)cn5ncc(C#N)c45)cn3)CC2)cn1. The molecule has 4 aromatic heterocycles. The fraction of sp³-hybridized carbons (Fsp3) is 0.375. The molecule has 0 aliphatic carbocycles. The van der Waals surface area contributed by atoms with Crippen LogP contribution in [-0.2, 0) is 11.3 Å². The second-order valence-corrected chi connectivity index (χ2v) is 11.0. The number of anilines is 1. The van der Waals surface area contributed by atoms with Crippen LogP contribution in [0, 0.1) is 22.7 Å². The Morgan fingerprint density at radius 3 is 2.64 bits per heavy atom. The van der Waals surface area contributed by atoms with Gasteiger partial charge < -0.3 is 25.1 Å². The third-order valence-electron chi connectivity index (χ3n) is 8.20. The molecule has 12 nitrogen and oxygen atoms in total. The molecule has 2 aliphatic rings. The van der Waals surface area contributed by atoms with Crippen LogP contribution in [0.5, 0.6) is 5.88 Å². The first-order valence-corrected chi connectivity index (χ1v) is 14.9. The van der Waals surface area contributed by atoms with Crippen molar-refractivity contribution in [1.82, 2.24) is 34.8 Å². The number of nitrogens with one attached hydrogen (secondary N) is 2. The van der Waals surface area contributed by atoms with Crippen molar-refractivity contribution in [3.05, 3.63) is 72.1 Å². The molecule has 4 aromatic rings. The Morgan fingerprint density at radius 1 is 1.11 bits per heavy atom. The summed E-state index contributed by atoms with van der Waals surface area (Å²) in [6.45, 7) is 6.81. The number of hydrogen-bond donors (Lipinski definition) is 2. The molecule has 6 heterocycles. The zero-order valence-electron chi connectivity index (χ0n) is 24.8. The number of aromatic nitrogens is 5. The van der Waals surface area contributed by atoms with Gasteiger partial charge in [0.25, 0.3) is 0 Å². The second-order valence-electron chi connectivity index (χ2n) is 11.0. The number of nitriles is 1. The highest BCUT2D eigenvalue weighted by atomic mass is 16.5. The quantitative estimate of drug-likeness (QED) is 0.263. The Kier molecular flexibility index (Phi) is 9.05. The van der Waals surface area contributed by atoms with E-state index in [1.165, 1.54) is 6.21 Å². The largest absolute Gasteiger partial charge is 0.481 e. The van der Waals surface area contributed by atoms with Gasteiger partial charge in [0, 0.05) is 94.5 Å². The molecule has 6 rings (SSSR count). The summed E-state index contributed by atoms with van der Waals surface area (Å²) < 4.78 is 12.3. The van der Waals surface area contributed by atoms with Crippen molar-refractivity contribution in [2.45, 2.75) is 19.4 Å². The summed E-state index contributed by atoms with van der Waals surface area (Å²) in [6, 6.07) is 10.2. The first kappa shape index (κ1) is 29.2. The van der Waals surface area contributed by atoms with E-state index in [-0.39, 0.29) is 0 Å². The smallest absolute Gasteiger partial charge is 0.212 e. The molecule has 0 atom stereocenters. The van der Waals surface area contributed by atoms with Gasteiger partial charge in [-0.1, -0.05) is 6.07 Å². The number of rotatable bonds is 10. The molecule has 226 valence electrons. The first-order valence-electron chi connectivity index (χ1n) is 14.9. The molecule has 0 aromatic carbocycles. The van der Waals surface area contributed by atoms with Gasteiger partial charge in [0.15, 0.2) is 0 Å². The summed E-state index contributed by atoms with van der Waals surface area (Å²) in [5.74, 6) is 2.07. The van der Waals surface area contributed by atoms with E-state index in [2.05, 4.69) is 37.3 Å². The van der Waals surface area contributed by atoms with Crippen LogP contribution in [0.4, 0.5) is 5.82 Å². The second kappa shape index (κ2) is 13.6. The third kappa shape index (κ3) is 6.54. The molecule has 0 unspecified atom stereocenters. The fourth-order valence-electron chi connectivity index (χ4n) is 5.64. The highest BCUT2D eigenvalue weighted by Gasteiger charge is 2.20. The maximum Gasteiger partial charge on any atom is 0.212 e. The summed E-state index contributed by atoms with van der Waals surface area (Å²) >= 11 is 0. The van der Waals surface area contributed by atoms with E-state index in [9.17, 15) is 5.26 Å². The number of allylic oxidation sites excluding steroid dienone is 1. The minimum absolute atomic E-state index is 0.435. The van der Waals surface area contributed by atoms with Crippen molar-refractivity contribution in [1.29, 1.82) is 10.7 Å². The standard InChI is InChI=1S/C32H36N10O2/c1-43-30-5-2-24(17-37-30)21-40-8-10-41(11-9-40)29-4-3-25(19-36-29)31-32-27(15-34)20-38-42(32)22-28(39-31)26(14-33)18-35-16-23-6-12-44-13-7-23/h2-5,14,17-20,22-23,33,35H,6-13,16,21H2,1H3/b26-18+,33-14?. The molecule has 0 spiro atoms. The minimum atomic E-state index is 0.435. The lowest BCUT2D eigenvalue weighted by Gasteiger charge is -2.35. The molecular formula is C32H36N10O2. The van der Waals surface area contributed by atoms with Gasteiger partial charge in [-0.3, -0.25) is 4.90 Å². The Balaban J connectivity index is 1.17. The van der Waals surface area contributed by atoms with Gasteiger partial charge >= 0.3 is 0 Å². The van der Waals surface area contributed by atoms with Crippen molar-refractivity contribution in [3.8, 4) is 23.2 Å². The first-order chi connectivity index (χ1) is 21.6. The van der Waals surface area contributed by atoms with E-state index in [1.54, 1.807) is 24.0 Å². The topological polar surface area (TPSA) is 141 Å². The van der Waals surface area contributed by atoms with Crippen LogP contribution in [0.25, 0.3) is 22.3 Å². The molecule has 0 amide bonds. The number of pyridine rings is 2. The molecule has 44 heavy (non-hydrogen) atoms. The van der Waals surface area contributed by atoms with Gasteiger partial charge in [-0.15, -0.1) is 0 Å². The number of methoxy groups -OCH3 is 1. The van der Waals surface area contributed by atoms with E-state index in [1.807, 2.05) is 36.8 Å². The van der Waals surface area contributed by atoms with E-state index < -0.39 is 0 Å². The van der Waals surface area contributed by atoms with Crippen LogP contribution in [0.2, 0.25) is 0 Å². The van der Waals surface area contributed by atoms with Crippen LogP contribution in [0.15, 0.2) is 55.3 Å². The molecule has 2 N–H and O–H groups in total. The Morgan fingerprint density at radius 2 is 1.95 bits per heavy atom. The molecule has 0 bridgehead atoms. The Hall–Kier alpha value is -4.86. The van der Waals surface area contributed by atoms with Gasteiger partial charge in [-0.05, 0) is 36.5 Å². The van der Waals surface area contributed by atoms with Crippen LogP contribution >= 0.6 is 0 Å². The lowest BCUT2D eigenvalue weighted by atomic mass is 10.0. The summed E-state index contributed by atoms with van der Waals surface area (Å²) in [5, 5.41) is 25.6. The number of nitrogens with zero attached hydrogens (tertiary/aromatic N) is 8. The van der Waals surface area contributed by atoms with Crippen molar-refractivity contribution in [2.75, 3.05) is 57.9 Å². The zero-order chi connectivity index (χ0) is 30.3. The zero-order valence-corrected chi connectivity index (χ0v) is 24.8. The van der Waals surface area contributed by atoms with Gasteiger partial charge in [0.1, 0.15) is 23.0 Å². The van der Waals surface area contributed by atoms with Gasteiger partial charge in [0.05, 0.1) is 30.9 Å². The predicted octanol–water partition coefficient (Wildman–Crippen LogP) is 3.40. The molecule has 12 heteroatoms. The Labute approximate surface area is 256 Å². The molecule has 0 radical (unpaired) electrons. The normalized spacial score (nSPS) is 16.5. The Bertz CT molecular complexity index is 1650. The maximum absolute atomic E-state index is 9.78. The predicted molar refractivity (Wildman–Crippen MR) is 168 cm³/mol. The number of piperazine rings is 1. The lowest BCUT2D eigenvalue weighted by Crippen LogP contribution is -2.46. The van der Waals surface area contributed by atoms with Crippen LogP contribution < -0.4 is 15.0 Å². The van der Waals surface area contributed by atoms with Gasteiger partial charge in [-0.25, -0.2) is 19.5 Å². The third-order valence-corrected chi connectivity index (χ3v) is 8.20. The maximum atomic E-state index is 9.78. The average molecular weight is 593 g/mol. The number of hydrogen-bond acceptors (Lipinski definition) is 11. The summed E-state index contributed by atoms with van der Waals surface area (Å²) in [7, 11) is 1.62. The highest BCUT2D eigenvalue weighted by molar-refractivity contribution is 6.07. The highest BCUT2D eigenvalue weighted by Crippen LogP contribution is 2.28. The van der Waals surface area contributed by atoms with Crippen LogP contribution in [0.3, 0.4) is 0 Å².